The van der Waals surface area contributed by atoms with Crippen molar-refractivity contribution in [1.29, 1.82) is 5.26 Å². The Balaban J connectivity index is 2.00. The van der Waals surface area contributed by atoms with Crippen LogP contribution in [0.5, 0.6) is 0 Å². The highest BCUT2D eigenvalue weighted by Crippen LogP contribution is 2.09. The molecule has 2 rings (SSSR count). The van der Waals surface area contributed by atoms with Crippen molar-refractivity contribution in [2.75, 3.05) is 0 Å². The first-order valence-corrected chi connectivity index (χ1v) is 6.79. The highest BCUT2D eigenvalue weighted by Gasteiger charge is 1.94. The molecular weight excluding hydrogens is 280 g/mol. The van der Waals surface area contributed by atoms with Crippen LogP contribution in [0.25, 0.3) is 0 Å². The van der Waals surface area contributed by atoms with Crippen molar-refractivity contribution in [3.63, 3.8) is 0 Å². The van der Waals surface area contributed by atoms with E-state index in [0.29, 0.717) is 18.4 Å². The molecule has 1 nitrogen and oxygen atoms in total. The lowest BCUT2D eigenvalue weighted by Crippen LogP contribution is -1.84. The third kappa shape index (κ3) is 4.89. The maximum Gasteiger partial charge on any atom is 0.266 e. The van der Waals surface area contributed by atoms with E-state index in [0.717, 1.165) is 22.8 Å². The number of aryl methyl sites for hydroxylation is 1. The van der Waals surface area contributed by atoms with Gasteiger partial charge in [0, 0.05) is 11.1 Å². The van der Waals surface area contributed by atoms with E-state index in [2.05, 4.69) is 17.9 Å². The summed E-state index contributed by atoms with van der Waals surface area (Å²) in [5.41, 5.74) is 3.31. The van der Waals surface area contributed by atoms with E-state index in [9.17, 15) is 8.78 Å². The Morgan fingerprint density at radius 1 is 0.864 bits per heavy atom. The molecule has 0 radical (unpaired) electrons. The minimum absolute atomic E-state index is 0.332. The summed E-state index contributed by atoms with van der Waals surface area (Å²) >= 11 is 0. The molecule has 0 bridgehead atoms. The molecule has 0 saturated carbocycles. The number of benzene rings is 2. The van der Waals surface area contributed by atoms with E-state index in [4.69, 9.17) is 5.26 Å². The van der Waals surface area contributed by atoms with Crippen LogP contribution in [0.2, 0.25) is 0 Å². The number of hydrogen-bond acceptors (Lipinski definition) is 1. The van der Waals surface area contributed by atoms with Crippen molar-refractivity contribution in [2.24, 2.45) is 0 Å². The van der Waals surface area contributed by atoms with Crippen molar-refractivity contribution in [3.05, 3.63) is 82.9 Å². The molecule has 0 atom stereocenters. The summed E-state index contributed by atoms with van der Waals surface area (Å²) in [5, 5.41) is 8.72. The van der Waals surface area contributed by atoms with Gasteiger partial charge in [0.1, 0.15) is 0 Å². The summed E-state index contributed by atoms with van der Waals surface area (Å²) in [6, 6.07) is 16.7. The Bertz CT molecular complexity index is 750. The van der Waals surface area contributed by atoms with Gasteiger partial charge in [-0.3, -0.25) is 0 Å². The Labute approximate surface area is 128 Å². The molecule has 2 aromatic rings. The van der Waals surface area contributed by atoms with Gasteiger partial charge in [0.15, 0.2) is 0 Å². The Hall–Kier alpha value is -2.91. The van der Waals surface area contributed by atoms with Crippen LogP contribution in [0, 0.1) is 23.2 Å². The average Bonchev–Trinajstić information content (AvgIpc) is 2.54. The highest BCUT2D eigenvalue weighted by molar-refractivity contribution is 5.45. The molecule has 2 aromatic carbocycles. The maximum atomic E-state index is 11.9. The van der Waals surface area contributed by atoms with Crippen LogP contribution in [0.15, 0.2) is 60.7 Å². The number of nitriles is 1. The number of nitrogens with zero attached hydrogens (tertiary/aromatic N) is 1. The zero-order valence-electron chi connectivity index (χ0n) is 11.8. The molecule has 0 aliphatic rings. The molecule has 0 aromatic heterocycles. The highest BCUT2D eigenvalue weighted by atomic mass is 19.3. The lowest BCUT2D eigenvalue weighted by atomic mass is 10.1. The Morgan fingerprint density at radius 2 is 1.36 bits per heavy atom. The minimum atomic E-state index is -1.63. The van der Waals surface area contributed by atoms with Gasteiger partial charge >= 0.3 is 0 Å². The molecule has 0 N–H and O–H groups in total. The van der Waals surface area contributed by atoms with Crippen molar-refractivity contribution in [2.45, 2.75) is 12.8 Å². The molecule has 0 unspecified atom stereocenters. The minimum Gasteiger partial charge on any atom is -0.192 e. The normalized spacial score (nSPS) is 9.32. The van der Waals surface area contributed by atoms with Crippen LogP contribution >= 0.6 is 0 Å². The standard InChI is InChI=1S/C19H13F2N/c20-19(21)3-1-2-15-4-6-16(7-5-15)8-9-17-10-12-18(14-22)13-11-17/h3-7,10-13H,1-2H2. The van der Waals surface area contributed by atoms with E-state index in [-0.39, 0.29) is 0 Å². The van der Waals surface area contributed by atoms with Crippen molar-refractivity contribution in [3.8, 4) is 17.9 Å². The molecule has 22 heavy (non-hydrogen) atoms. The summed E-state index contributed by atoms with van der Waals surface area (Å²) in [5.74, 6) is 6.06. The van der Waals surface area contributed by atoms with Gasteiger partial charge in [0.05, 0.1) is 11.6 Å². The Morgan fingerprint density at radius 3 is 1.86 bits per heavy atom. The fourth-order valence-electron chi connectivity index (χ4n) is 1.88. The van der Waals surface area contributed by atoms with Crippen LogP contribution in [-0.2, 0) is 6.42 Å². The second-order valence-electron chi connectivity index (χ2n) is 4.67. The van der Waals surface area contributed by atoms with Gasteiger partial charge in [-0.25, -0.2) is 0 Å². The average molecular weight is 293 g/mol. The first kappa shape index (κ1) is 15.5. The zero-order chi connectivity index (χ0) is 15.8. The van der Waals surface area contributed by atoms with Gasteiger partial charge in [-0.1, -0.05) is 24.0 Å². The van der Waals surface area contributed by atoms with E-state index < -0.39 is 6.08 Å². The van der Waals surface area contributed by atoms with Crippen molar-refractivity contribution in [1.82, 2.24) is 0 Å². The summed E-state index contributed by atoms with van der Waals surface area (Å²) in [6.07, 6.45) is 0.211. The van der Waals surface area contributed by atoms with E-state index in [1.54, 1.807) is 24.3 Å². The van der Waals surface area contributed by atoms with E-state index >= 15 is 0 Å². The van der Waals surface area contributed by atoms with Gasteiger partial charge in [0.2, 0.25) is 0 Å². The third-order valence-electron chi connectivity index (χ3n) is 3.05. The van der Waals surface area contributed by atoms with E-state index in [1.807, 2.05) is 24.3 Å². The number of hydrogen-bond donors (Lipinski definition) is 0. The molecule has 0 spiro atoms. The molecule has 3 heteroatoms. The first-order valence-electron chi connectivity index (χ1n) is 6.79. The quantitative estimate of drug-likeness (QED) is 0.754. The van der Waals surface area contributed by atoms with Crippen LogP contribution in [0.4, 0.5) is 8.78 Å². The van der Waals surface area contributed by atoms with Gasteiger partial charge in [-0.2, -0.15) is 14.0 Å². The van der Waals surface area contributed by atoms with E-state index in [1.165, 1.54) is 0 Å². The molecule has 108 valence electrons. The summed E-state index contributed by atoms with van der Waals surface area (Å²) in [7, 11) is 0. The second-order valence-corrected chi connectivity index (χ2v) is 4.67. The topological polar surface area (TPSA) is 23.8 Å². The number of rotatable bonds is 3. The number of halogens is 2. The molecule has 0 aliphatic carbocycles. The van der Waals surface area contributed by atoms with Crippen LogP contribution in [-0.4, -0.2) is 0 Å². The summed E-state index contributed by atoms with van der Waals surface area (Å²) < 4.78 is 23.9. The molecule has 0 saturated heterocycles. The van der Waals surface area contributed by atoms with Crippen LogP contribution in [0.1, 0.15) is 28.7 Å². The maximum absolute atomic E-state index is 11.9. The summed E-state index contributed by atoms with van der Waals surface area (Å²) in [6.45, 7) is 0. The van der Waals surface area contributed by atoms with Gasteiger partial charge in [-0.05, 0) is 60.9 Å². The zero-order valence-corrected chi connectivity index (χ0v) is 11.8. The SMILES string of the molecule is N#Cc1ccc(C#Cc2ccc(CCC=C(F)F)cc2)cc1. The molecule has 0 amide bonds. The molecule has 0 fully saturated rings. The molecular formula is C19H13F2N. The lowest BCUT2D eigenvalue weighted by molar-refractivity contribution is 0.417. The largest absolute Gasteiger partial charge is 0.266 e. The number of allylic oxidation sites excluding steroid dienone is 1. The lowest BCUT2D eigenvalue weighted by Gasteiger charge is -1.98. The smallest absolute Gasteiger partial charge is 0.192 e. The summed E-state index contributed by atoms with van der Waals surface area (Å²) in [4.78, 5) is 0. The fraction of sp³-hybridized carbons (Fsp3) is 0.105. The van der Waals surface area contributed by atoms with Gasteiger partial charge in [0.25, 0.3) is 6.08 Å². The van der Waals surface area contributed by atoms with Crippen molar-refractivity contribution >= 4 is 0 Å². The van der Waals surface area contributed by atoms with Crippen LogP contribution in [0.3, 0.4) is 0 Å². The second kappa shape index (κ2) is 7.76. The molecule has 0 aliphatic heterocycles. The van der Waals surface area contributed by atoms with Crippen molar-refractivity contribution < 1.29 is 8.78 Å². The monoisotopic (exact) mass is 293 g/mol. The first-order chi connectivity index (χ1) is 10.7. The Kier molecular flexibility index (Phi) is 5.46. The predicted molar refractivity (Wildman–Crippen MR) is 82.2 cm³/mol. The molecule has 0 heterocycles. The van der Waals surface area contributed by atoms with Crippen LogP contribution < -0.4 is 0 Å². The fourth-order valence-corrected chi connectivity index (χ4v) is 1.88. The third-order valence-corrected chi connectivity index (χ3v) is 3.05. The van der Waals surface area contributed by atoms with Gasteiger partial charge in [-0.15, -0.1) is 0 Å². The predicted octanol–water partition coefficient (Wildman–Crippen LogP) is 4.67. The van der Waals surface area contributed by atoms with Gasteiger partial charge < -0.3 is 0 Å².